The van der Waals surface area contributed by atoms with Gasteiger partial charge in [-0.1, -0.05) is 55.3 Å². The molecule has 1 saturated carbocycles. The first-order valence-electron chi connectivity index (χ1n) is 11.0. The van der Waals surface area contributed by atoms with Gasteiger partial charge >= 0.3 is 0 Å². The molecule has 5 heteroatoms. The normalized spacial score (nSPS) is 16.5. The molecule has 2 aliphatic rings. The molecular formula is C25H28N4O. The van der Waals surface area contributed by atoms with Crippen LogP contribution in [0.25, 0.3) is 11.3 Å². The monoisotopic (exact) mass is 400 g/mol. The lowest BCUT2D eigenvalue weighted by atomic mass is 9.93. The molecule has 0 spiro atoms. The maximum atomic E-state index is 13.1. The average Bonchev–Trinajstić information content (AvgIpc) is 3.49. The molecule has 154 valence electrons. The fraction of sp³-hybridized carbons (Fsp3) is 0.400. The smallest absolute Gasteiger partial charge is 0.254 e. The van der Waals surface area contributed by atoms with E-state index in [4.69, 9.17) is 0 Å². The largest absolute Gasteiger partial charge is 0.331 e. The van der Waals surface area contributed by atoms with Crippen molar-refractivity contribution in [2.75, 3.05) is 0 Å². The Hall–Kier alpha value is -2.95. The molecule has 1 amide bonds. The van der Waals surface area contributed by atoms with Crippen LogP contribution in [-0.4, -0.2) is 31.8 Å². The van der Waals surface area contributed by atoms with Gasteiger partial charge in [0, 0.05) is 30.8 Å². The molecule has 2 heterocycles. The second-order valence-corrected chi connectivity index (χ2v) is 8.65. The van der Waals surface area contributed by atoms with Crippen LogP contribution in [-0.2, 0) is 26.4 Å². The second-order valence-electron chi connectivity index (χ2n) is 8.65. The van der Waals surface area contributed by atoms with E-state index in [1.807, 2.05) is 13.2 Å². The van der Waals surface area contributed by atoms with Gasteiger partial charge in [-0.2, -0.15) is 0 Å². The van der Waals surface area contributed by atoms with E-state index in [2.05, 4.69) is 58.5 Å². The lowest BCUT2D eigenvalue weighted by molar-refractivity contribution is 0.0707. The summed E-state index contributed by atoms with van der Waals surface area (Å²) in [6.07, 6.45) is 8.57. The van der Waals surface area contributed by atoms with Gasteiger partial charge in [0.25, 0.3) is 5.91 Å². The predicted octanol–water partition coefficient (Wildman–Crippen LogP) is 4.53. The van der Waals surface area contributed by atoms with E-state index in [0.717, 1.165) is 49.0 Å². The Morgan fingerprint density at radius 3 is 2.50 bits per heavy atom. The lowest BCUT2D eigenvalue weighted by Gasteiger charge is -2.23. The van der Waals surface area contributed by atoms with Crippen LogP contribution in [0.1, 0.15) is 65.2 Å². The average molecular weight is 401 g/mol. The van der Waals surface area contributed by atoms with Gasteiger partial charge in [0.2, 0.25) is 0 Å². The summed E-state index contributed by atoms with van der Waals surface area (Å²) in [5.74, 6) is 0.235. The Morgan fingerprint density at radius 1 is 1.07 bits per heavy atom. The highest BCUT2D eigenvalue weighted by atomic mass is 16.2. The van der Waals surface area contributed by atoms with Gasteiger partial charge in [-0.15, -0.1) is 5.10 Å². The van der Waals surface area contributed by atoms with Crippen molar-refractivity contribution in [1.82, 2.24) is 19.9 Å². The van der Waals surface area contributed by atoms with Crippen LogP contribution in [0.2, 0.25) is 0 Å². The van der Waals surface area contributed by atoms with Crippen LogP contribution in [0, 0.1) is 0 Å². The number of amides is 1. The van der Waals surface area contributed by atoms with E-state index in [-0.39, 0.29) is 5.91 Å². The van der Waals surface area contributed by atoms with Gasteiger partial charge in [0.1, 0.15) is 5.69 Å². The molecule has 0 atom stereocenters. The number of nitrogens with zero attached hydrogens (tertiary/aromatic N) is 4. The molecule has 1 aliphatic heterocycles. The highest BCUT2D eigenvalue weighted by Crippen LogP contribution is 2.34. The number of aryl methyl sites for hydroxylation is 2. The molecule has 0 saturated heterocycles. The number of fused-ring (bicyclic) bond motifs is 1. The molecule has 3 aromatic rings. The number of carbonyl (C=O) groups is 1. The van der Waals surface area contributed by atoms with Gasteiger partial charge in [-0.25, -0.2) is 0 Å². The van der Waals surface area contributed by atoms with Crippen molar-refractivity contribution in [3.05, 3.63) is 70.4 Å². The van der Waals surface area contributed by atoms with Gasteiger partial charge < -0.3 is 4.90 Å². The highest BCUT2D eigenvalue weighted by molar-refractivity contribution is 5.99. The summed E-state index contributed by atoms with van der Waals surface area (Å²) >= 11 is 0. The van der Waals surface area contributed by atoms with Crippen LogP contribution < -0.4 is 0 Å². The fourth-order valence-corrected chi connectivity index (χ4v) is 4.98. The fourth-order valence-electron chi connectivity index (χ4n) is 4.98. The van der Waals surface area contributed by atoms with Crippen LogP contribution in [0.5, 0.6) is 0 Å². The molecule has 0 unspecified atom stereocenters. The van der Waals surface area contributed by atoms with E-state index >= 15 is 0 Å². The summed E-state index contributed by atoms with van der Waals surface area (Å²) in [6.45, 7) is 2.99. The van der Waals surface area contributed by atoms with Crippen LogP contribution in [0.15, 0.2) is 42.6 Å². The van der Waals surface area contributed by atoms with Crippen LogP contribution in [0.4, 0.5) is 0 Å². The number of benzene rings is 2. The van der Waals surface area contributed by atoms with Crippen molar-refractivity contribution in [3.63, 3.8) is 0 Å². The van der Waals surface area contributed by atoms with Crippen molar-refractivity contribution in [2.45, 2.75) is 58.0 Å². The minimum atomic E-state index is 0.235. The Labute approximate surface area is 177 Å². The number of hydrogen-bond acceptors (Lipinski definition) is 3. The van der Waals surface area contributed by atoms with Gasteiger partial charge in [0.05, 0.1) is 6.20 Å². The Morgan fingerprint density at radius 2 is 1.83 bits per heavy atom. The van der Waals surface area contributed by atoms with Crippen molar-refractivity contribution >= 4 is 5.91 Å². The summed E-state index contributed by atoms with van der Waals surface area (Å²) in [7, 11) is 1.88. The first kappa shape index (κ1) is 19.0. The number of carbonyl (C=O) groups excluding carboxylic acids is 1. The van der Waals surface area contributed by atoms with Gasteiger partial charge in [-0.05, 0) is 54.0 Å². The molecule has 2 aromatic carbocycles. The van der Waals surface area contributed by atoms with E-state index in [9.17, 15) is 4.79 Å². The topological polar surface area (TPSA) is 51.0 Å². The third-order valence-electron chi connectivity index (χ3n) is 6.65. The first-order valence-corrected chi connectivity index (χ1v) is 11.0. The predicted molar refractivity (Wildman–Crippen MR) is 117 cm³/mol. The highest BCUT2D eigenvalue weighted by Gasteiger charge is 2.34. The molecule has 1 fully saturated rings. The zero-order valence-corrected chi connectivity index (χ0v) is 17.8. The molecule has 5 rings (SSSR count). The summed E-state index contributed by atoms with van der Waals surface area (Å²) < 4.78 is 1.72. The quantitative estimate of drug-likeness (QED) is 0.632. The van der Waals surface area contributed by atoms with Crippen LogP contribution >= 0.6 is 0 Å². The minimum Gasteiger partial charge on any atom is -0.331 e. The van der Waals surface area contributed by atoms with Gasteiger partial charge in [-0.3, -0.25) is 9.48 Å². The molecular weight excluding hydrogens is 372 g/mol. The Bertz CT molecular complexity index is 1080. The maximum Gasteiger partial charge on any atom is 0.254 e. The third kappa shape index (κ3) is 3.42. The van der Waals surface area contributed by atoms with Crippen LogP contribution in [0.3, 0.4) is 0 Å². The molecule has 0 N–H and O–H groups in total. The zero-order chi connectivity index (χ0) is 20.7. The van der Waals surface area contributed by atoms with Gasteiger partial charge in [0.15, 0.2) is 0 Å². The van der Waals surface area contributed by atoms with E-state index in [0.29, 0.717) is 6.04 Å². The van der Waals surface area contributed by atoms with Crippen molar-refractivity contribution < 1.29 is 4.79 Å². The second kappa shape index (κ2) is 7.71. The number of rotatable bonds is 5. The van der Waals surface area contributed by atoms with Crippen molar-refractivity contribution in [3.8, 4) is 11.3 Å². The molecule has 1 aromatic heterocycles. The van der Waals surface area contributed by atoms with Crippen molar-refractivity contribution in [1.29, 1.82) is 0 Å². The Balaban J connectivity index is 1.39. The van der Waals surface area contributed by atoms with E-state index in [1.54, 1.807) is 4.68 Å². The zero-order valence-electron chi connectivity index (χ0n) is 17.8. The maximum absolute atomic E-state index is 13.1. The summed E-state index contributed by atoms with van der Waals surface area (Å²) in [6, 6.07) is 13.4. The minimum absolute atomic E-state index is 0.235. The summed E-state index contributed by atoms with van der Waals surface area (Å²) in [5, 5.41) is 8.20. The SMILES string of the molecule is CCc1cc2c(cc1Cc1ccc(-c3cn(C)nn3)cc1)C(=O)N(C1CCCC1)C2. The number of aromatic nitrogens is 3. The first-order chi connectivity index (χ1) is 14.6. The van der Waals surface area contributed by atoms with Crippen molar-refractivity contribution in [2.24, 2.45) is 7.05 Å². The molecule has 0 bridgehead atoms. The molecule has 1 aliphatic carbocycles. The summed E-state index contributed by atoms with van der Waals surface area (Å²) in [4.78, 5) is 15.2. The number of hydrogen-bond donors (Lipinski definition) is 0. The molecule has 30 heavy (non-hydrogen) atoms. The standard InChI is InChI=1S/C25H28N4O/c1-3-18-13-21-15-29(22-6-4-5-7-22)25(30)23(21)14-20(18)12-17-8-10-19(11-9-17)24-16-28(2)27-26-24/h8-11,13-14,16,22H,3-7,12,15H2,1-2H3. The summed E-state index contributed by atoms with van der Waals surface area (Å²) in [5.41, 5.74) is 7.96. The van der Waals surface area contributed by atoms with E-state index < -0.39 is 0 Å². The Kier molecular flexibility index (Phi) is 4.89. The molecule has 0 radical (unpaired) electrons. The lowest BCUT2D eigenvalue weighted by Crippen LogP contribution is -2.33. The van der Waals surface area contributed by atoms with E-state index in [1.165, 1.54) is 35.1 Å². The third-order valence-corrected chi connectivity index (χ3v) is 6.65. The molecule has 5 nitrogen and oxygen atoms in total.